The summed E-state index contributed by atoms with van der Waals surface area (Å²) in [5.74, 6) is 0.268. The molecule has 1 amide bonds. The van der Waals surface area contributed by atoms with E-state index in [1.54, 1.807) is 13.0 Å². The van der Waals surface area contributed by atoms with Crippen LogP contribution in [0.3, 0.4) is 0 Å². The molecule has 4 rings (SSSR count). The molecule has 0 fully saturated rings. The Labute approximate surface area is 169 Å². The Morgan fingerprint density at radius 1 is 1.14 bits per heavy atom. The van der Waals surface area contributed by atoms with Crippen molar-refractivity contribution in [2.75, 3.05) is 13.7 Å². The van der Waals surface area contributed by atoms with Gasteiger partial charge in [-0.2, -0.15) is 0 Å². The van der Waals surface area contributed by atoms with E-state index >= 15 is 0 Å². The fourth-order valence-corrected chi connectivity index (χ4v) is 3.78. The number of aromatic nitrogens is 1. The summed E-state index contributed by atoms with van der Waals surface area (Å²) < 4.78 is 10.7. The third kappa shape index (κ3) is 3.70. The van der Waals surface area contributed by atoms with Crippen molar-refractivity contribution in [2.24, 2.45) is 0 Å². The summed E-state index contributed by atoms with van der Waals surface area (Å²) in [6, 6.07) is 13.1. The van der Waals surface area contributed by atoms with Crippen molar-refractivity contribution in [2.45, 2.75) is 32.9 Å². The van der Waals surface area contributed by atoms with Crippen molar-refractivity contribution in [1.82, 2.24) is 9.88 Å². The molecule has 6 nitrogen and oxygen atoms in total. The number of hydrogen-bond donors (Lipinski definition) is 1. The highest BCUT2D eigenvalue weighted by Crippen LogP contribution is 2.29. The van der Waals surface area contributed by atoms with Gasteiger partial charge in [-0.15, -0.1) is 0 Å². The maximum atomic E-state index is 13.0. The van der Waals surface area contributed by atoms with Gasteiger partial charge < -0.3 is 19.4 Å². The molecule has 1 N–H and O–H groups in total. The predicted molar refractivity (Wildman–Crippen MR) is 110 cm³/mol. The van der Waals surface area contributed by atoms with Gasteiger partial charge in [0.25, 0.3) is 5.91 Å². The second kappa shape index (κ2) is 7.62. The van der Waals surface area contributed by atoms with Gasteiger partial charge in [0.15, 0.2) is 6.10 Å². The van der Waals surface area contributed by atoms with E-state index < -0.39 is 6.10 Å². The number of amides is 1. The van der Waals surface area contributed by atoms with Crippen molar-refractivity contribution in [3.63, 3.8) is 0 Å². The molecule has 0 saturated heterocycles. The highest BCUT2D eigenvalue weighted by Gasteiger charge is 2.28. The van der Waals surface area contributed by atoms with E-state index in [0.29, 0.717) is 24.4 Å². The average molecular weight is 392 g/mol. The molecule has 0 aliphatic carbocycles. The van der Waals surface area contributed by atoms with Crippen molar-refractivity contribution < 1.29 is 19.1 Å². The molecule has 6 heteroatoms. The van der Waals surface area contributed by atoms with Crippen LogP contribution >= 0.6 is 0 Å². The molecule has 0 radical (unpaired) electrons. The lowest BCUT2D eigenvalue weighted by molar-refractivity contribution is -0.138. The van der Waals surface area contributed by atoms with E-state index in [-0.39, 0.29) is 11.9 Å². The van der Waals surface area contributed by atoms with Gasteiger partial charge in [-0.3, -0.25) is 4.79 Å². The quantitative estimate of drug-likeness (QED) is 0.689. The monoisotopic (exact) mass is 392 g/mol. The predicted octanol–water partition coefficient (Wildman–Crippen LogP) is 3.62. The first-order chi connectivity index (χ1) is 14.0. The summed E-state index contributed by atoms with van der Waals surface area (Å²) in [6.07, 6.45) is 0.163. The van der Waals surface area contributed by atoms with Gasteiger partial charge in [-0.1, -0.05) is 17.7 Å². The van der Waals surface area contributed by atoms with Crippen molar-refractivity contribution in [3.8, 4) is 5.75 Å². The number of carbonyl (C=O) groups is 2. The Hall–Kier alpha value is -3.28. The van der Waals surface area contributed by atoms with E-state index in [1.807, 2.05) is 48.2 Å². The molecule has 29 heavy (non-hydrogen) atoms. The number of aryl methyl sites for hydroxylation is 1. The van der Waals surface area contributed by atoms with E-state index in [4.69, 9.17) is 9.47 Å². The number of aromatic amines is 1. The lowest BCUT2D eigenvalue weighted by Crippen LogP contribution is -2.43. The molecule has 0 bridgehead atoms. The van der Waals surface area contributed by atoms with Crippen LogP contribution in [0, 0.1) is 6.92 Å². The van der Waals surface area contributed by atoms with Crippen LogP contribution in [0.25, 0.3) is 10.9 Å². The van der Waals surface area contributed by atoms with Gasteiger partial charge in [0.2, 0.25) is 0 Å². The van der Waals surface area contributed by atoms with Crippen molar-refractivity contribution in [3.05, 3.63) is 64.8 Å². The van der Waals surface area contributed by atoms with Crippen molar-refractivity contribution >= 4 is 22.8 Å². The minimum Gasteiger partial charge on any atom is -0.481 e. The number of esters is 1. The first-order valence-corrected chi connectivity index (χ1v) is 9.70. The Morgan fingerprint density at radius 3 is 2.62 bits per heavy atom. The lowest BCUT2D eigenvalue weighted by atomic mass is 10.0. The van der Waals surface area contributed by atoms with Crippen LogP contribution in [-0.4, -0.2) is 41.5 Å². The maximum absolute atomic E-state index is 13.0. The van der Waals surface area contributed by atoms with E-state index in [0.717, 1.165) is 34.1 Å². The molecule has 1 unspecified atom stereocenters. The largest absolute Gasteiger partial charge is 0.481 e. The Balaban J connectivity index is 1.54. The van der Waals surface area contributed by atoms with Crippen LogP contribution in [0.5, 0.6) is 5.75 Å². The molecule has 0 spiro atoms. The first kappa shape index (κ1) is 19.1. The Kier molecular flexibility index (Phi) is 5.01. The molecular weight excluding hydrogens is 368 g/mol. The fourth-order valence-electron chi connectivity index (χ4n) is 3.78. The third-order valence-corrected chi connectivity index (χ3v) is 5.39. The molecule has 1 aliphatic rings. The number of fused-ring (bicyclic) bond motifs is 3. The summed E-state index contributed by atoms with van der Waals surface area (Å²) in [7, 11) is 1.37. The zero-order valence-corrected chi connectivity index (χ0v) is 16.8. The van der Waals surface area contributed by atoms with Crippen LogP contribution in [0.4, 0.5) is 0 Å². The first-order valence-electron chi connectivity index (χ1n) is 9.70. The normalized spacial score (nSPS) is 14.4. The van der Waals surface area contributed by atoms with Gasteiger partial charge in [0.05, 0.1) is 12.7 Å². The van der Waals surface area contributed by atoms with Gasteiger partial charge in [-0.05, 0) is 44.2 Å². The standard InChI is InChI=1S/C23H24N2O4/c1-14-4-7-17(8-5-14)29-15(2)22(26)25-11-10-21-19(13-25)18-12-16(23(27)28-3)6-9-20(18)24-21/h4-9,12,15,24H,10-11,13H2,1-3H3. The molecule has 0 saturated carbocycles. The number of hydrogen-bond acceptors (Lipinski definition) is 4. The van der Waals surface area contributed by atoms with Crippen molar-refractivity contribution in [1.29, 1.82) is 0 Å². The number of benzene rings is 2. The van der Waals surface area contributed by atoms with E-state index in [9.17, 15) is 9.59 Å². The molecule has 1 aromatic heterocycles. The number of carbonyl (C=O) groups excluding carboxylic acids is 2. The van der Waals surface area contributed by atoms with Gasteiger partial charge >= 0.3 is 5.97 Å². The van der Waals surface area contributed by atoms with Crippen LogP contribution in [0.1, 0.15) is 34.1 Å². The molecular formula is C23H24N2O4. The van der Waals surface area contributed by atoms with Gasteiger partial charge in [0, 0.05) is 41.7 Å². The van der Waals surface area contributed by atoms with Crippen LogP contribution < -0.4 is 4.74 Å². The summed E-state index contributed by atoms with van der Waals surface area (Å²) in [4.78, 5) is 30.1. The number of nitrogens with one attached hydrogen (secondary N) is 1. The summed E-state index contributed by atoms with van der Waals surface area (Å²) in [5.41, 5.74) is 4.76. The Morgan fingerprint density at radius 2 is 1.90 bits per heavy atom. The fraction of sp³-hybridized carbons (Fsp3) is 0.304. The highest BCUT2D eigenvalue weighted by molar-refractivity contribution is 5.96. The second-order valence-corrected chi connectivity index (χ2v) is 7.42. The number of rotatable bonds is 4. The Bertz CT molecular complexity index is 1070. The molecule has 2 aromatic carbocycles. The second-order valence-electron chi connectivity index (χ2n) is 7.42. The maximum Gasteiger partial charge on any atom is 0.337 e. The molecule has 3 aromatic rings. The van der Waals surface area contributed by atoms with Crippen LogP contribution in [0.2, 0.25) is 0 Å². The molecule has 1 aliphatic heterocycles. The number of ether oxygens (including phenoxy) is 2. The summed E-state index contributed by atoms with van der Waals surface area (Å²) in [6.45, 7) is 4.91. The van der Waals surface area contributed by atoms with Crippen LogP contribution in [0.15, 0.2) is 42.5 Å². The summed E-state index contributed by atoms with van der Waals surface area (Å²) in [5, 5.41) is 0.951. The average Bonchev–Trinajstić information content (AvgIpc) is 3.11. The minimum absolute atomic E-state index is 0.0466. The zero-order valence-electron chi connectivity index (χ0n) is 16.8. The number of methoxy groups -OCH3 is 1. The summed E-state index contributed by atoms with van der Waals surface area (Å²) >= 11 is 0. The zero-order chi connectivity index (χ0) is 20.5. The topological polar surface area (TPSA) is 71.6 Å². The van der Waals surface area contributed by atoms with Gasteiger partial charge in [-0.25, -0.2) is 4.79 Å². The van der Waals surface area contributed by atoms with Gasteiger partial charge in [0.1, 0.15) is 5.75 Å². The molecule has 150 valence electrons. The molecule has 1 atom stereocenters. The minimum atomic E-state index is -0.574. The SMILES string of the molecule is COC(=O)c1ccc2[nH]c3c(c2c1)CN(C(=O)C(C)Oc1ccc(C)cc1)CC3. The van der Waals surface area contributed by atoms with E-state index in [2.05, 4.69) is 4.98 Å². The number of H-pyrrole nitrogens is 1. The highest BCUT2D eigenvalue weighted by atomic mass is 16.5. The number of nitrogens with zero attached hydrogens (tertiary/aromatic N) is 1. The third-order valence-electron chi connectivity index (χ3n) is 5.39. The molecule has 2 heterocycles. The lowest BCUT2D eigenvalue weighted by Gasteiger charge is -2.29. The van der Waals surface area contributed by atoms with Crippen LogP contribution in [-0.2, 0) is 22.5 Å². The van der Waals surface area contributed by atoms with E-state index in [1.165, 1.54) is 7.11 Å². The smallest absolute Gasteiger partial charge is 0.337 e.